The second-order valence-electron chi connectivity index (χ2n) is 6.82. The Morgan fingerprint density at radius 3 is 2.68 bits per heavy atom. The summed E-state index contributed by atoms with van der Waals surface area (Å²) in [5.74, 6) is 1.19. The fourth-order valence-electron chi connectivity index (χ4n) is 3.31. The second kappa shape index (κ2) is 8.17. The highest BCUT2D eigenvalue weighted by Gasteiger charge is 2.26. The fraction of sp³-hybridized carbons (Fsp3) is 0.273. The number of hydrogen-bond acceptors (Lipinski definition) is 4. The number of benzene rings is 2. The maximum Gasteiger partial charge on any atom is 0.228 e. The normalized spacial score (nSPS) is 16.9. The van der Waals surface area contributed by atoms with Crippen molar-refractivity contribution in [2.24, 2.45) is 0 Å². The van der Waals surface area contributed by atoms with E-state index in [-0.39, 0.29) is 18.4 Å². The van der Waals surface area contributed by atoms with E-state index in [2.05, 4.69) is 4.98 Å². The molecule has 0 bridgehead atoms. The molecule has 2 heterocycles. The molecule has 0 spiro atoms. The number of nitrogens with zero attached hydrogens (tertiary/aromatic N) is 2. The van der Waals surface area contributed by atoms with Gasteiger partial charge >= 0.3 is 0 Å². The van der Waals surface area contributed by atoms with Crippen molar-refractivity contribution in [3.8, 4) is 11.5 Å². The number of ether oxygens (including phenoxy) is 1. The van der Waals surface area contributed by atoms with Gasteiger partial charge in [0.25, 0.3) is 0 Å². The highest BCUT2D eigenvalue weighted by Crippen LogP contribution is 2.25. The summed E-state index contributed by atoms with van der Waals surface area (Å²) >= 11 is 5.94. The van der Waals surface area contributed by atoms with Gasteiger partial charge in [-0.15, -0.1) is 0 Å². The fourth-order valence-corrected chi connectivity index (χ4v) is 3.43. The molecule has 1 aromatic heterocycles. The van der Waals surface area contributed by atoms with Gasteiger partial charge in [0.1, 0.15) is 11.9 Å². The number of halogens is 1. The van der Waals surface area contributed by atoms with E-state index in [1.807, 2.05) is 54.3 Å². The zero-order valence-corrected chi connectivity index (χ0v) is 16.4. The third-order valence-electron chi connectivity index (χ3n) is 4.89. The first-order valence-electron chi connectivity index (χ1n) is 9.27. The van der Waals surface area contributed by atoms with Crippen LogP contribution in [-0.4, -0.2) is 35.5 Å². The lowest BCUT2D eigenvalue weighted by molar-refractivity contribution is -0.138. The lowest BCUT2D eigenvalue weighted by Gasteiger charge is -2.33. The minimum Gasteiger partial charge on any atom is -0.441 e. The van der Waals surface area contributed by atoms with Crippen molar-refractivity contribution >= 4 is 17.5 Å². The first-order chi connectivity index (χ1) is 13.6. The van der Waals surface area contributed by atoms with Crippen LogP contribution in [-0.2, 0) is 16.0 Å². The molecule has 1 fully saturated rings. The summed E-state index contributed by atoms with van der Waals surface area (Å²) in [6.45, 7) is 3.49. The first-order valence-corrected chi connectivity index (χ1v) is 9.64. The van der Waals surface area contributed by atoms with Gasteiger partial charge in [0.15, 0.2) is 0 Å². The summed E-state index contributed by atoms with van der Waals surface area (Å²) in [7, 11) is 0. The number of aromatic nitrogens is 1. The molecule has 1 unspecified atom stereocenters. The number of aryl methyl sites for hydroxylation is 1. The minimum atomic E-state index is -0.0954. The van der Waals surface area contributed by atoms with Gasteiger partial charge < -0.3 is 14.1 Å². The SMILES string of the molecule is Cc1oc(-c2ccc(Cl)cc2)nc1CC(=O)N1CCOC(c2ccccc2)C1. The van der Waals surface area contributed by atoms with E-state index in [1.165, 1.54) is 0 Å². The summed E-state index contributed by atoms with van der Waals surface area (Å²) in [5, 5.41) is 0.655. The molecule has 1 aliphatic heterocycles. The molecule has 1 amide bonds. The summed E-state index contributed by atoms with van der Waals surface area (Å²) in [6, 6.07) is 17.3. The topological polar surface area (TPSA) is 55.6 Å². The standard InChI is InChI=1S/C22H21ClN2O3/c1-15-19(24-22(28-15)17-7-9-18(23)10-8-17)13-21(26)25-11-12-27-20(14-25)16-5-3-2-4-6-16/h2-10,20H,11-14H2,1H3. The molecule has 3 aromatic rings. The molecular formula is C22H21ClN2O3. The minimum absolute atomic E-state index is 0.0308. The van der Waals surface area contributed by atoms with Gasteiger partial charge in [-0.25, -0.2) is 4.98 Å². The van der Waals surface area contributed by atoms with E-state index in [0.717, 1.165) is 11.1 Å². The van der Waals surface area contributed by atoms with Crippen molar-refractivity contribution in [1.29, 1.82) is 0 Å². The highest BCUT2D eigenvalue weighted by molar-refractivity contribution is 6.30. The number of morpholine rings is 1. The van der Waals surface area contributed by atoms with Gasteiger partial charge in [-0.2, -0.15) is 0 Å². The zero-order chi connectivity index (χ0) is 19.5. The number of oxazole rings is 1. The lowest BCUT2D eigenvalue weighted by atomic mass is 10.1. The molecule has 1 atom stereocenters. The van der Waals surface area contributed by atoms with Crippen LogP contribution in [0.4, 0.5) is 0 Å². The molecule has 0 aliphatic carbocycles. The molecule has 6 heteroatoms. The van der Waals surface area contributed by atoms with Crippen molar-refractivity contribution in [2.75, 3.05) is 19.7 Å². The van der Waals surface area contributed by atoms with Crippen LogP contribution in [0.15, 0.2) is 59.0 Å². The molecule has 28 heavy (non-hydrogen) atoms. The summed E-state index contributed by atoms with van der Waals surface area (Å²) < 4.78 is 11.6. The largest absolute Gasteiger partial charge is 0.441 e. The number of rotatable bonds is 4. The van der Waals surface area contributed by atoms with Crippen LogP contribution in [0.25, 0.3) is 11.5 Å². The summed E-state index contributed by atoms with van der Waals surface area (Å²) in [6.07, 6.45) is 0.117. The molecule has 0 saturated carbocycles. The Morgan fingerprint density at radius 2 is 1.93 bits per heavy atom. The highest BCUT2D eigenvalue weighted by atomic mass is 35.5. The third-order valence-corrected chi connectivity index (χ3v) is 5.14. The van der Waals surface area contributed by atoms with Crippen LogP contribution in [0.3, 0.4) is 0 Å². The van der Waals surface area contributed by atoms with Crippen LogP contribution in [0.1, 0.15) is 23.1 Å². The first kappa shape index (κ1) is 18.7. The quantitative estimate of drug-likeness (QED) is 0.654. The van der Waals surface area contributed by atoms with Crippen LogP contribution in [0.2, 0.25) is 5.02 Å². The van der Waals surface area contributed by atoms with Crippen LogP contribution in [0.5, 0.6) is 0 Å². The van der Waals surface area contributed by atoms with Gasteiger partial charge in [0, 0.05) is 17.1 Å². The number of amides is 1. The van der Waals surface area contributed by atoms with Crippen molar-refractivity contribution in [3.63, 3.8) is 0 Å². The van der Waals surface area contributed by atoms with Crippen molar-refractivity contribution in [2.45, 2.75) is 19.4 Å². The molecular weight excluding hydrogens is 376 g/mol. The van der Waals surface area contributed by atoms with E-state index in [4.69, 9.17) is 20.8 Å². The predicted octanol–water partition coefficient (Wildman–Crippen LogP) is 4.45. The Morgan fingerprint density at radius 1 is 1.18 bits per heavy atom. The molecule has 0 radical (unpaired) electrons. The average molecular weight is 397 g/mol. The maximum atomic E-state index is 12.9. The molecule has 2 aromatic carbocycles. The molecule has 1 aliphatic rings. The van der Waals surface area contributed by atoms with E-state index in [1.54, 1.807) is 12.1 Å². The third kappa shape index (κ3) is 4.11. The van der Waals surface area contributed by atoms with Crippen molar-refractivity contribution in [1.82, 2.24) is 9.88 Å². The summed E-state index contributed by atoms with van der Waals surface area (Å²) in [5.41, 5.74) is 2.59. The van der Waals surface area contributed by atoms with Gasteiger partial charge in [-0.3, -0.25) is 4.79 Å². The van der Waals surface area contributed by atoms with Gasteiger partial charge in [0.2, 0.25) is 11.8 Å². The van der Waals surface area contributed by atoms with E-state index < -0.39 is 0 Å². The molecule has 5 nitrogen and oxygen atoms in total. The number of hydrogen-bond donors (Lipinski definition) is 0. The molecule has 1 saturated heterocycles. The Hall–Kier alpha value is -2.63. The summed E-state index contributed by atoms with van der Waals surface area (Å²) in [4.78, 5) is 19.2. The van der Waals surface area contributed by atoms with Gasteiger partial charge in [-0.1, -0.05) is 41.9 Å². The molecule has 144 valence electrons. The van der Waals surface area contributed by atoms with E-state index in [0.29, 0.717) is 42.1 Å². The second-order valence-corrected chi connectivity index (χ2v) is 7.25. The monoisotopic (exact) mass is 396 g/mol. The Kier molecular flexibility index (Phi) is 5.46. The van der Waals surface area contributed by atoms with Gasteiger partial charge in [0.05, 0.1) is 25.3 Å². The average Bonchev–Trinajstić information content (AvgIpc) is 3.09. The van der Waals surface area contributed by atoms with Crippen LogP contribution in [0, 0.1) is 6.92 Å². The van der Waals surface area contributed by atoms with Crippen LogP contribution < -0.4 is 0 Å². The molecule has 4 rings (SSSR count). The zero-order valence-electron chi connectivity index (χ0n) is 15.6. The number of carbonyl (C=O) groups is 1. The molecule has 0 N–H and O–H groups in total. The predicted molar refractivity (Wildman–Crippen MR) is 107 cm³/mol. The van der Waals surface area contributed by atoms with E-state index in [9.17, 15) is 4.79 Å². The Balaban J connectivity index is 1.45. The van der Waals surface area contributed by atoms with Gasteiger partial charge in [-0.05, 0) is 36.8 Å². The van der Waals surface area contributed by atoms with Crippen molar-refractivity contribution in [3.05, 3.63) is 76.6 Å². The Labute approximate surface area is 168 Å². The number of carbonyl (C=O) groups excluding carboxylic acids is 1. The smallest absolute Gasteiger partial charge is 0.228 e. The van der Waals surface area contributed by atoms with E-state index >= 15 is 0 Å². The lowest BCUT2D eigenvalue weighted by Crippen LogP contribution is -2.43. The maximum absolute atomic E-state index is 12.9. The van der Waals surface area contributed by atoms with Crippen LogP contribution >= 0.6 is 11.6 Å². The van der Waals surface area contributed by atoms with Crippen molar-refractivity contribution < 1.29 is 13.9 Å². The Bertz CT molecular complexity index is 954.